The predicted octanol–water partition coefficient (Wildman–Crippen LogP) is 2.48. The van der Waals surface area contributed by atoms with Crippen LogP contribution in [0.25, 0.3) is 11.3 Å². The average Bonchev–Trinajstić information content (AvgIpc) is 2.84. The van der Waals surface area contributed by atoms with Crippen molar-refractivity contribution in [1.29, 1.82) is 0 Å². The minimum absolute atomic E-state index is 0.0881. The molecule has 0 bridgehead atoms. The van der Waals surface area contributed by atoms with Crippen molar-refractivity contribution in [2.45, 2.75) is 26.4 Å². The molecule has 100 valence electrons. The van der Waals surface area contributed by atoms with Gasteiger partial charge in [0.05, 0.1) is 16.8 Å². The molecule has 0 amide bonds. The van der Waals surface area contributed by atoms with Crippen molar-refractivity contribution in [1.82, 2.24) is 15.5 Å². The Morgan fingerprint density at radius 1 is 1.37 bits per heavy atom. The van der Waals surface area contributed by atoms with Crippen molar-refractivity contribution in [3.05, 3.63) is 46.1 Å². The van der Waals surface area contributed by atoms with E-state index < -0.39 is 4.92 Å². The van der Waals surface area contributed by atoms with Crippen LogP contribution in [0.3, 0.4) is 0 Å². The highest BCUT2D eigenvalue weighted by Gasteiger charge is 2.10. The average molecular weight is 260 g/mol. The molecule has 1 aromatic carbocycles. The molecule has 0 spiro atoms. The van der Waals surface area contributed by atoms with Crippen LogP contribution in [0.15, 0.2) is 30.5 Å². The Morgan fingerprint density at radius 3 is 2.63 bits per heavy atom. The van der Waals surface area contributed by atoms with E-state index in [9.17, 15) is 10.1 Å². The highest BCUT2D eigenvalue weighted by Crippen LogP contribution is 2.23. The summed E-state index contributed by atoms with van der Waals surface area (Å²) in [5, 5.41) is 20.9. The maximum atomic E-state index is 10.6. The standard InChI is InChI=1S/C13H16N4O2/c1-9(2)14-7-11-8-15-16-13(11)10-3-5-12(6-4-10)17(18)19/h3-6,8-9,14H,7H2,1-2H3,(H,15,16). The third kappa shape index (κ3) is 3.17. The number of nitro benzene ring substituents is 1. The fourth-order valence-corrected chi connectivity index (χ4v) is 1.76. The van der Waals surface area contributed by atoms with Gasteiger partial charge in [0.2, 0.25) is 0 Å². The van der Waals surface area contributed by atoms with Crippen molar-refractivity contribution >= 4 is 5.69 Å². The van der Waals surface area contributed by atoms with Crippen LogP contribution in [0.2, 0.25) is 0 Å². The molecule has 6 nitrogen and oxygen atoms in total. The summed E-state index contributed by atoms with van der Waals surface area (Å²) in [6.07, 6.45) is 1.77. The summed E-state index contributed by atoms with van der Waals surface area (Å²) in [5.74, 6) is 0. The van der Waals surface area contributed by atoms with Crippen molar-refractivity contribution in [2.75, 3.05) is 0 Å². The number of nitrogens with one attached hydrogen (secondary N) is 2. The van der Waals surface area contributed by atoms with Crippen LogP contribution in [0.4, 0.5) is 5.69 Å². The molecule has 0 aliphatic heterocycles. The third-order valence-electron chi connectivity index (χ3n) is 2.79. The molecule has 19 heavy (non-hydrogen) atoms. The first-order chi connectivity index (χ1) is 9.08. The van der Waals surface area contributed by atoms with Crippen LogP contribution in [0.5, 0.6) is 0 Å². The normalized spacial score (nSPS) is 10.9. The van der Waals surface area contributed by atoms with Gasteiger partial charge in [-0.15, -0.1) is 0 Å². The molecule has 0 radical (unpaired) electrons. The number of nitro groups is 1. The van der Waals surface area contributed by atoms with Crippen LogP contribution >= 0.6 is 0 Å². The van der Waals surface area contributed by atoms with Crippen LogP contribution < -0.4 is 5.32 Å². The number of aromatic amines is 1. The van der Waals surface area contributed by atoms with Crippen molar-refractivity contribution < 1.29 is 4.92 Å². The highest BCUT2D eigenvalue weighted by atomic mass is 16.6. The zero-order valence-electron chi connectivity index (χ0n) is 10.9. The second-order valence-electron chi connectivity index (χ2n) is 4.61. The predicted molar refractivity (Wildman–Crippen MR) is 72.7 cm³/mol. The Labute approximate surface area is 111 Å². The Balaban J connectivity index is 2.22. The van der Waals surface area contributed by atoms with Crippen LogP contribution in [-0.4, -0.2) is 21.2 Å². The first-order valence-corrected chi connectivity index (χ1v) is 6.08. The zero-order chi connectivity index (χ0) is 13.8. The molecule has 0 unspecified atom stereocenters. The molecule has 0 saturated heterocycles. The molecule has 0 aliphatic rings. The summed E-state index contributed by atoms with van der Waals surface area (Å²) in [6, 6.07) is 6.83. The molecule has 0 saturated carbocycles. The quantitative estimate of drug-likeness (QED) is 0.639. The number of hydrogen-bond donors (Lipinski definition) is 2. The first-order valence-electron chi connectivity index (χ1n) is 6.08. The van der Waals surface area contributed by atoms with Crippen LogP contribution in [-0.2, 0) is 6.54 Å². The number of rotatable bonds is 5. The van der Waals surface area contributed by atoms with Crippen molar-refractivity contribution in [3.8, 4) is 11.3 Å². The molecular formula is C13H16N4O2. The molecule has 0 aliphatic carbocycles. The van der Waals surface area contributed by atoms with E-state index in [-0.39, 0.29) is 5.69 Å². The monoisotopic (exact) mass is 260 g/mol. The lowest BCUT2D eigenvalue weighted by molar-refractivity contribution is -0.384. The van der Waals surface area contributed by atoms with Gasteiger partial charge in [0.1, 0.15) is 0 Å². The van der Waals surface area contributed by atoms with E-state index >= 15 is 0 Å². The summed E-state index contributed by atoms with van der Waals surface area (Å²) < 4.78 is 0. The number of H-pyrrole nitrogens is 1. The molecule has 2 N–H and O–H groups in total. The minimum atomic E-state index is -0.405. The Morgan fingerprint density at radius 2 is 2.05 bits per heavy atom. The SMILES string of the molecule is CC(C)NCc1cn[nH]c1-c1ccc([N+](=O)[O-])cc1. The fraction of sp³-hybridized carbons (Fsp3) is 0.308. The summed E-state index contributed by atoms with van der Waals surface area (Å²) in [5.41, 5.74) is 2.92. The van der Waals surface area contributed by atoms with Gasteiger partial charge in [-0.3, -0.25) is 15.2 Å². The lowest BCUT2D eigenvalue weighted by Crippen LogP contribution is -2.21. The number of benzene rings is 1. The topological polar surface area (TPSA) is 83.8 Å². The van der Waals surface area contributed by atoms with Gasteiger partial charge in [-0.25, -0.2) is 0 Å². The van der Waals surface area contributed by atoms with E-state index in [2.05, 4.69) is 29.4 Å². The van der Waals surface area contributed by atoms with E-state index in [0.717, 1.165) is 16.8 Å². The molecule has 1 heterocycles. The van der Waals surface area contributed by atoms with E-state index in [1.165, 1.54) is 12.1 Å². The van der Waals surface area contributed by atoms with Crippen LogP contribution in [0.1, 0.15) is 19.4 Å². The van der Waals surface area contributed by atoms with E-state index in [1.807, 2.05) is 0 Å². The minimum Gasteiger partial charge on any atom is -0.310 e. The van der Waals surface area contributed by atoms with Gasteiger partial charge in [0, 0.05) is 35.8 Å². The lowest BCUT2D eigenvalue weighted by Gasteiger charge is -2.08. The second kappa shape index (κ2) is 5.62. The van der Waals surface area contributed by atoms with Crippen molar-refractivity contribution in [2.24, 2.45) is 0 Å². The van der Waals surface area contributed by atoms with Gasteiger partial charge in [0.15, 0.2) is 0 Å². The number of hydrogen-bond acceptors (Lipinski definition) is 4. The largest absolute Gasteiger partial charge is 0.310 e. The molecule has 2 rings (SSSR count). The molecule has 2 aromatic rings. The van der Waals surface area contributed by atoms with E-state index in [0.29, 0.717) is 12.6 Å². The van der Waals surface area contributed by atoms with Gasteiger partial charge in [-0.2, -0.15) is 5.10 Å². The highest BCUT2D eigenvalue weighted by molar-refractivity contribution is 5.64. The van der Waals surface area contributed by atoms with Gasteiger partial charge >= 0.3 is 0 Å². The number of non-ortho nitro benzene ring substituents is 1. The molecule has 1 aromatic heterocycles. The maximum absolute atomic E-state index is 10.6. The van der Waals surface area contributed by atoms with Crippen LogP contribution in [0, 0.1) is 10.1 Å². The van der Waals surface area contributed by atoms with Gasteiger partial charge in [-0.1, -0.05) is 13.8 Å². The fourth-order valence-electron chi connectivity index (χ4n) is 1.76. The van der Waals surface area contributed by atoms with Gasteiger partial charge in [-0.05, 0) is 12.1 Å². The van der Waals surface area contributed by atoms with Gasteiger partial charge < -0.3 is 5.32 Å². The third-order valence-corrected chi connectivity index (χ3v) is 2.79. The van der Waals surface area contributed by atoms with E-state index in [4.69, 9.17) is 0 Å². The van der Waals surface area contributed by atoms with E-state index in [1.54, 1.807) is 18.3 Å². The second-order valence-corrected chi connectivity index (χ2v) is 4.61. The molecule has 6 heteroatoms. The number of aromatic nitrogens is 2. The van der Waals surface area contributed by atoms with Crippen molar-refractivity contribution in [3.63, 3.8) is 0 Å². The maximum Gasteiger partial charge on any atom is 0.269 e. The molecular weight excluding hydrogens is 244 g/mol. The Bertz CT molecular complexity index is 560. The Kier molecular flexibility index (Phi) is 3.91. The number of nitrogens with zero attached hydrogens (tertiary/aromatic N) is 2. The molecule has 0 fully saturated rings. The summed E-state index contributed by atoms with van der Waals surface area (Å²) in [7, 11) is 0. The summed E-state index contributed by atoms with van der Waals surface area (Å²) in [4.78, 5) is 10.2. The zero-order valence-corrected chi connectivity index (χ0v) is 10.9. The summed E-state index contributed by atoms with van der Waals surface area (Å²) in [6.45, 7) is 4.86. The molecule has 0 atom stereocenters. The van der Waals surface area contributed by atoms with Gasteiger partial charge in [0.25, 0.3) is 5.69 Å². The lowest BCUT2D eigenvalue weighted by atomic mass is 10.1. The summed E-state index contributed by atoms with van der Waals surface area (Å²) >= 11 is 0. The first kappa shape index (κ1) is 13.2. The Hall–Kier alpha value is -2.21. The smallest absolute Gasteiger partial charge is 0.269 e.